The van der Waals surface area contributed by atoms with E-state index >= 15 is 0 Å². The van der Waals surface area contributed by atoms with Crippen LogP contribution in [0.25, 0.3) is 0 Å². The molecule has 0 bridgehead atoms. The van der Waals surface area contributed by atoms with Gasteiger partial charge in [-0.25, -0.2) is 0 Å². The first-order valence-electron chi connectivity index (χ1n) is 7.93. The van der Waals surface area contributed by atoms with E-state index < -0.39 is 0 Å². The zero-order chi connectivity index (χ0) is 15.4. The van der Waals surface area contributed by atoms with Crippen molar-refractivity contribution in [3.63, 3.8) is 0 Å². The van der Waals surface area contributed by atoms with E-state index in [1.54, 1.807) is 0 Å². The van der Waals surface area contributed by atoms with Crippen LogP contribution < -0.4 is 5.73 Å². The fourth-order valence-electron chi connectivity index (χ4n) is 3.02. The van der Waals surface area contributed by atoms with Crippen LogP contribution in [0.5, 0.6) is 5.75 Å². The number of hydrogen-bond acceptors (Lipinski definition) is 6. The molecule has 0 unspecified atom stereocenters. The fourth-order valence-corrected chi connectivity index (χ4v) is 3.02. The largest absolute Gasteiger partial charge is 0.505 e. The smallest absolute Gasteiger partial charge is 0.142 e. The zero-order valence-corrected chi connectivity index (χ0v) is 13.0. The lowest BCUT2D eigenvalue weighted by molar-refractivity contribution is 0.0332. The zero-order valence-electron chi connectivity index (χ0n) is 13.0. The number of anilines is 1. The van der Waals surface area contributed by atoms with Gasteiger partial charge in [-0.3, -0.25) is 9.80 Å². The van der Waals surface area contributed by atoms with Crippen LogP contribution in [0.2, 0.25) is 0 Å². The van der Waals surface area contributed by atoms with Crippen molar-refractivity contribution in [3.8, 4) is 5.75 Å². The molecule has 0 aliphatic carbocycles. The van der Waals surface area contributed by atoms with E-state index in [1.807, 2.05) is 6.07 Å². The van der Waals surface area contributed by atoms with Gasteiger partial charge in [0, 0.05) is 44.8 Å². The summed E-state index contributed by atoms with van der Waals surface area (Å²) in [6, 6.07) is 3.96. The predicted molar refractivity (Wildman–Crippen MR) is 84.7 cm³/mol. The fraction of sp³-hybridized carbons (Fsp3) is 0.625. The van der Waals surface area contributed by atoms with E-state index in [1.165, 1.54) is 0 Å². The van der Waals surface area contributed by atoms with Crippen molar-refractivity contribution in [2.45, 2.75) is 13.1 Å². The normalized spacial score (nSPS) is 21.1. The molecule has 6 nitrogen and oxygen atoms in total. The molecular weight excluding hydrogens is 282 g/mol. The van der Waals surface area contributed by atoms with E-state index in [4.69, 9.17) is 15.2 Å². The van der Waals surface area contributed by atoms with Crippen LogP contribution >= 0.6 is 0 Å². The molecule has 2 fully saturated rings. The Morgan fingerprint density at radius 2 is 1.45 bits per heavy atom. The van der Waals surface area contributed by atoms with Crippen LogP contribution in [0.3, 0.4) is 0 Å². The maximum atomic E-state index is 10.2. The molecule has 3 rings (SSSR count). The first-order chi connectivity index (χ1) is 10.7. The van der Waals surface area contributed by atoms with Gasteiger partial charge in [0.05, 0.1) is 32.1 Å². The lowest BCUT2D eigenvalue weighted by atomic mass is 10.1. The molecule has 0 radical (unpaired) electrons. The van der Waals surface area contributed by atoms with Crippen LogP contribution in [-0.2, 0) is 22.6 Å². The second-order valence-corrected chi connectivity index (χ2v) is 5.97. The number of hydrogen-bond donors (Lipinski definition) is 2. The lowest BCUT2D eigenvalue weighted by Crippen LogP contribution is -2.36. The number of phenolic OH excluding ortho intramolecular Hbond substituents is 1. The third-order valence-electron chi connectivity index (χ3n) is 4.29. The minimum atomic E-state index is 0.220. The molecule has 0 spiro atoms. The van der Waals surface area contributed by atoms with Gasteiger partial charge in [-0.2, -0.15) is 0 Å². The molecule has 22 heavy (non-hydrogen) atoms. The van der Waals surface area contributed by atoms with Crippen LogP contribution in [0.1, 0.15) is 11.1 Å². The van der Waals surface area contributed by atoms with Crippen molar-refractivity contribution in [2.75, 3.05) is 58.3 Å². The Balaban J connectivity index is 1.70. The van der Waals surface area contributed by atoms with Gasteiger partial charge in [0.2, 0.25) is 0 Å². The summed E-state index contributed by atoms with van der Waals surface area (Å²) < 4.78 is 10.7. The standard InChI is InChI=1S/C16H25N3O3/c17-15-10-13(11-18-1-5-21-6-2-18)9-14(16(15)20)12-19-3-7-22-8-4-19/h9-10,20H,1-8,11-12,17H2. The topological polar surface area (TPSA) is 71.2 Å². The number of aromatic hydroxyl groups is 1. The third-order valence-corrected chi connectivity index (χ3v) is 4.29. The second kappa shape index (κ2) is 7.28. The molecule has 2 aliphatic heterocycles. The summed E-state index contributed by atoms with van der Waals surface area (Å²) in [5.41, 5.74) is 8.52. The minimum Gasteiger partial charge on any atom is -0.505 e. The lowest BCUT2D eigenvalue weighted by Gasteiger charge is -2.28. The summed E-state index contributed by atoms with van der Waals surface area (Å²) in [4.78, 5) is 4.64. The molecule has 6 heteroatoms. The molecule has 1 aromatic carbocycles. The Bertz CT molecular complexity index is 498. The van der Waals surface area contributed by atoms with Crippen LogP contribution in [0, 0.1) is 0 Å². The summed E-state index contributed by atoms with van der Waals surface area (Å²) >= 11 is 0. The monoisotopic (exact) mass is 307 g/mol. The summed E-state index contributed by atoms with van der Waals surface area (Å²) in [7, 11) is 0. The molecule has 1 aromatic rings. The maximum absolute atomic E-state index is 10.2. The first kappa shape index (κ1) is 15.6. The van der Waals surface area contributed by atoms with Crippen molar-refractivity contribution in [3.05, 3.63) is 23.3 Å². The number of nitrogens with two attached hydrogens (primary N) is 1. The predicted octanol–water partition coefficient (Wildman–Crippen LogP) is 0.639. The van der Waals surface area contributed by atoms with Crippen molar-refractivity contribution in [1.82, 2.24) is 9.80 Å². The summed E-state index contributed by atoms with van der Waals surface area (Å²) in [6.07, 6.45) is 0. The highest BCUT2D eigenvalue weighted by Gasteiger charge is 2.17. The van der Waals surface area contributed by atoms with Gasteiger partial charge in [0.25, 0.3) is 0 Å². The number of nitrogen functional groups attached to an aromatic ring is 1. The highest BCUT2D eigenvalue weighted by molar-refractivity contribution is 5.58. The van der Waals surface area contributed by atoms with Crippen LogP contribution in [-0.4, -0.2) is 67.5 Å². The van der Waals surface area contributed by atoms with E-state index in [-0.39, 0.29) is 5.75 Å². The molecule has 2 aliphatic rings. The molecule has 122 valence electrons. The Morgan fingerprint density at radius 1 is 0.909 bits per heavy atom. The van der Waals surface area contributed by atoms with E-state index in [2.05, 4.69) is 15.9 Å². The highest BCUT2D eigenvalue weighted by atomic mass is 16.5. The second-order valence-electron chi connectivity index (χ2n) is 5.97. The van der Waals surface area contributed by atoms with Crippen LogP contribution in [0.4, 0.5) is 5.69 Å². The van der Waals surface area contributed by atoms with Gasteiger partial charge in [-0.1, -0.05) is 0 Å². The number of benzene rings is 1. The summed E-state index contributed by atoms with van der Waals surface area (Å²) in [5, 5.41) is 10.2. The average molecular weight is 307 g/mol. The van der Waals surface area contributed by atoms with Gasteiger partial charge < -0.3 is 20.3 Å². The Hall–Kier alpha value is -1.34. The number of morpholine rings is 2. The number of ether oxygens (including phenoxy) is 2. The van der Waals surface area contributed by atoms with Gasteiger partial charge in [-0.05, 0) is 17.7 Å². The molecule has 3 N–H and O–H groups in total. The van der Waals surface area contributed by atoms with E-state index in [0.29, 0.717) is 5.69 Å². The van der Waals surface area contributed by atoms with Crippen molar-refractivity contribution in [2.24, 2.45) is 0 Å². The quantitative estimate of drug-likeness (QED) is 0.628. The first-order valence-corrected chi connectivity index (χ1v) is 7.93. The average Bonchev–Trinajstić information content (AvgIpc) is 2.54. The summed E-state index contributed by atoms with van der Waals surface area (Å²) in [6.45, 7) is 8.33. The van der Waals surface area contributed by atoms with Gasteiger partial charge in [0.15, 0.2) is 0 Å². The van der Waals surface area contributed by atoms with E-state index in [0.717, 1.165) is 76.8 Å². The van der Waals surface area contributed by atoms with E-state index in [9.17, 15) is 5.11 Å². The Kier molecular flexibility index (Phi) is 5.15. The molecular formula is C16H25N3O3. The summed E-state index contributed by atoms with van der Waals surface area (Å²) in [5.74, 6) is 0.220. The SMILES string of the molecule is Nc1cc(CN2CCOCC2)cc(CN2CCOCC2)c1O. The van der Waals surface area contributed by atoms with Crippen molar-refractivity contribution in [1.29, 1.82) is 0 Å². The molecule has 0 aromatic heterocycles. The van der Waals surface area contributed by atoms with Crippen molar-refractivity contribution >= 4 is 5.69 Å². The number of phenols is 1. The van der Waals surface area contributed by atoms with Gasteiger partial charge >= 0.3 is 0 Å². The van der Waals surface area contributed by atoms with Crippen molar-refractivity contribution < 1.29 is 14.6 Å². The Morgan fingerprint density at radius 3 is 2.05 bits per heavy atom. The Labute approximate surface area is 131 Å². The van der Waals surface area contributed by atoms with Crippen LogP contribution in [0.15, 0.2) is 12.1 Å². The molecule has 2 saturated heterocycles. The molecule has 2 heterocycles. The molecule has 0 atom stereocenters. The number of rotatable bonds is 4. The molecule has 0 amide bonds. The third kappa shape index (κ3) is 3.89. The van der Waals surface area contributed by atoms with Gasteiger partial charge in [-0.15, -0.1) is 0 Å². The minimum absolute atomic E-state index is 0.220. The number of nitrogens with zero attached hydrogens (tertiary/aromatic N) is 2. The highest BCUT2D eigenvalue weighted by Crippen LogP contribution is 2.29. The molecule has 0 saturated carbocycles. The van der Waals surface area contributed by atoms with Gasteiger partial charge in [0.1, 0.15) is 5.75 Å². The maximum Gasteiger partial charge on any atom is 0.142 e.